The van der Waals surface area contributed by atoms with Crippen LogP contribution in [0.2, 0.25) is 0 Å². The van der Waals surface area contributed by atoms with E-state index in [1.807, 2.05) is 0 Å². The monoisotopic (exact) mass is 585 g/mol. The molecule has 21 nitrogen and oxygen atoms in total. The first-order valence-corrected chi connectivity index (χ1v) is 11.3. The van der Waals surface area contributed by atoms with Crippen molar-refractivity contribution in [3.63, 3.8) is 0 Å². The van der Waals surface area contributed by atoms with Gasteiger partial charge < -0.3 is 97.4 Å². The quantitative estimate of drug-likeness (QED) is 0.134. The lowest BCUT2D eigenvalue weighted by atomic mass is 9.29. The Hall–Kier alpha value is -1.76. The van der Waals surface area contributed by atoms with Gasteiger partial charge in [0.1, 0.15) is 6.04 Å². The predicted octanol–water partition coefficient (Wildman–Crippen LogP) is -12.3. The summed E-state index contributed by atoms with van der Waals surface area (Å²) in [6, 6.07) is -5.94. The molecule has 19 N–H and O–H groups in total. The minimum atomic E-state index is -5.41. The summed E-state index contributed by atoms with van der Waals surface area (Å²) in [5.74, 6) is -39.7. The van der Waals surface area contributed by atoms with Crippen LogP contribution in [-0.2, 0) is 4.79 Å². The molecule has 5 atom stereocenters. The molecule has 1 aliphatic heterocycles. The number of carbonyl (C=O) groups is 1. The largest absolute Gasteiger partial charge is 0.375 e. The maximum absolute atomic E-state index is 13.7. The lowest BCUT2D eigenvalue weighted by molar-refractivity contribution is -0.712. The molecule has 0 radical (unpaired) electrons. The summed E-state index contributed by atoms with van der Waals surface area (Å²) in [7, 11) is 0. The highest BCUT2D eigenvalue weighted by atomic mass is 16.7. The Morgan fingerprint density at radius 2 is 1.02 bits per heavy atom. The Kier molecular flexibility index (Phi) is 4.89. The summed E-state index contributed by atoms with van der Waals surface area (Å²) in [4.78, 5) is 13.9. The van der Waals surface area contributed by atoms with Crippen molar-refractivity contribution >= 4 is 5.91 Å². The van der Waals surface area contributed by atoms with Crippen LogP contribution >= 0.6 is 0 Å². The molecule has 40 heavy (non-hydrogen) atoms. The second kappa shape index (κ2) is 6.58. The van der Waals surface area contributed by atoms with Gasteiger partial charge in [-0.25, -0.2) is 0 Å². The van der Waals surface area contributed by atoms with E-state index < -0.39 is 98.6 Å². The lowest BCUT2D eigenvalue weighted by Crippen LogP contribution is -3.17. The average Bonchev–Trinajstić information content (AvgIpc) is 3.39. The first-order valence-electron chi connectivity index (χ1n) is 11.3. The third-order valence-electron chi connectivity index (χ3n) is 10.1. The average molecular weight is 585 g/mol. The number of aliphatic hydroxyl groups is 17. The Balaban J connectivity index is 1.88. The lowest BCUT2D eigenvalue weighted by Gasteiger charge is -2.84. The van der Waals surface area contributed by atoms with Crippen molar-refractivity contribution in [2.24, 2.45) is 23.0 Å². The molecule has 0 aromatic carbocycles. The number of likely N-dealkylation sites (tertiary alicyclic amines) is 1. The maximum Gasteiger partial charge on any atom is 0.244 e. The zero-order valence-corrected chi connectivity index (χ0v) is 19.9. The van der Waals surface area contributed by atoms with Gasteiger partial charge in [-0.1, -0.05) is 6.92 Å². The molecular formula is C19H27N3O18. The SMILES string of the molecule is CC1C2C1C(O)(O)C(C#N)N2C(=O)C(N)C12C(O)(O)C3(O)C(O)(O)C(O)(C(O)(O)C(O)(C3(O)O)C1(O)O)C2(O)O. The van der Waals surface area contributed by atoms with Crippen molar-refractivity contribution in [3.05, 3.63) is 0 Å². The van der Waals surface area contributed by atoms with Gasteiger partial charge in [0.2, 0.25) is 63.2 Å². The summed E-state index contributed by atoms with van der Waals surface area (Å²) in [5, 5.41) is 193. The summed E-state index contributed by atoms with van der Waals surface area (Å²) < 4.78 is 0. The van der Waals surface area contributed by atoms with Gasteiger partial charge in [-0.05, 0) is 5.92 Å². The maximum atomic E-state index is 13.7. The van der Waals surface area contributed by atoms with Gasteiger partial charge in [0.25, 0.3) is 0 Å². The number of nitriles is 1. The summed E-state index contributed by atoms with van der Waals surface area (Å²) in [5.41, 5.74) is -15.4. The molecular weight excluding hydrogens is 558 g/mol. The Labute approximate surface area is 219 Å². The molecule has 5 unspecified atom stereocenters. The fourth-order valence-corrected chi connectivity index (χ4v) is 8.05. The molecule has 0 aromatic heterocycles. The third-order valence-corrected chi connectivity index (χ3v) is 10.1. The summed E-state index contributed by atoms with van der Waals surface area (Å²) in [6.07, 6.45) is 0. The van der Waals surface area contributed by atoms with Gasteiger partial charge in [0, 0.05) is 12.0 Å². The highest BCUT2D eigenvalue weighted by molar-refractivity contribution is 5.86. The number of fused-ring (bicyclic) bond motifs is 1. The first-order chi connectivity index (χ1) is 17.5. The molecule has 1 saturated heterocycles. The highest BCUT2D eigenvalue weighted by Crippen LogP contribution is 2.80. The molecule has 21 heteroatoms. The van der Waals surface area contributed by atoms with Crippen LogP contribution in [0.1, 0.15) is 6.92 Å². The molecule has 0 aromatic rings. The minimum absolute atomic E-state index is 0.195. The summed E-state index contributed by atoms with van der Waals surface area (Å²) >= 11 is 0. The van der Waals surface area contributed by atoms with Crippen LogP contribution in [0, 0.1) is 28.6 Å². The zero-order chi connectivity index (χ0) is 31.2. The Morgan fingerprint density at radius 3 is 1.32 bits per heavy atom. The van der Waals surface area contributed by atoms with Crippen LogP contribution < -0.4 is 5.73 Å². The van der Waals surface area contributed by atoms with Crippen molar-refractivity contribution in [1.82, 2.24) is 4.90 Å². The molecule has 0 spiro atoms. The highest BCUT2D eigenvalue weighted by Gasteiger charge is 3.14. The van der Waals surface area contributed by atoms with Gasteiger partial charge in [-0.3, -0.25) is 4.79 Å². The van der Waals surface area contributed by atoms with Gasteiger partial charge in [-0.2, -0.15) is 5.26 Å². The second-order valence-corrected chi connectivity index (χ2v) is 11.4. The van der Waals surface area contributed by atoms with Crippen LogP contribution in [-0.4, -0.2) is 173 Å². The van der Waals surface area contributed by atoms with Crippen molar-refractivity contribution in [3.8, 4) is 6.07 Å². The van der Waals surface area contributed by atoms with E-state index >= 15 is 0 Å². The number of carbonyl (C=O) groups excluding carboxylic acids is 1. The topological polar surface area (TPSA) is 414 Å². The molecule has 226 valence electrons. The van der Waals surface area contributed by atoms with Gasteiger partial charge in [0.05, 0.1) is 6.07 Å². The standard InChI is InChI=1S/C19H27N3O18/c1-3-5-6(3)22(4(2-20)9(5,24)25)8(23)7(21)10-14(29,30)11(26)17(35,36)12(27,15(10,31)32)19(39,40)13(28,16(10,33)34)18(11,37)38/h3-7,24-40H,21H2,1H3. The number of amides is 1. The predicted molar refractivity (Wildman–Crippen MR) is 108 cm³/mol. The van der Waals surface area contributed by atoms with E-state index in [1.165, 1.54) is 13.0 Å². The number of nitrogens with two attached hydrogens (primary N) is 1. The van der Waals surface area contributed by atoms with Crippen LogP contribution in [0.4, 0.5) is 0 Å². The smallest absolute Gasteiger partial charge is 0.244 e. The fourth-order valence-electron chi connectivity index (χ4n) is 8.05. The zero-order valence-electron chi connectivity index (χ0n) is 19.9. The molecule has 6 rings (SSSR count). The van der Waals surface area contributed by atoms with Crippen LogP contribution in [0.5, 0.6) is 0 Å². The summed E-state index contributed by atoms with van der Waals surface area (Å²) in [6.45, 7) is 1.31. The molecule has 5 aliphatic carbocycles. The molecule has 6 aliphatic rings. The molecule has 1 amide bonds. The van der Waals surface area contributed by atoms with Gasteiger partial charge in [0.15, 0.2) is 11.5 Å². The van der Waals surface area contributed by atoms with E-state index in [4.69, 9.17) is 5.73 Å². The van der Waals surface area contributed by atoms with E-state index in [1.54, 1.807) is 0 Å². The van der Waals surface area contributed by atoms with Crippen molar-refractivity contribution in [2.75, 3.05) is 0 Å². The van der Waals surface area contributed by atoms with Gasteiger partial charge >= 0.3 is 0 Å². The molecule has 4 bridgehead atoms. The number of nitrogens with zero attached hydrogens (tertiary/aromatic N) is 2. The third kappa shape index (κ3) is 1.94. The number of piperidine rings is 1. The van der Waals surface area contributed by atoms with Gasteiger partial charge in [-0.15, -0.1) is 0 Å². The van der Waals surface area contributed by atoms with E-state index in [0.29, 0.717) is 0 Å². The normalized spacial score (nSPS) is 51.1. The van der Waals surface area contributed by atoms with E-state index in [0.717, 1.165) is 0 Å². The van der Waals surface area contributed by atoms with Crippen molar-refractivity contribution < 1.29 is 91.6 Å². The number of hydrogen-bond donors (Lipinski definition) is 18. The Morgan fingerprint density at radius 1 is 0.700 bits per heavy atom. The van der Waals surface area contributed by atoms with Crippen LogP contribution in [0.3, 0.4) is 0 Å². The van der Waals surface area contributed by atoms with Crippen molar-refractivity contribution in [1.29, 1.82) is 5.26 Å². The number of hydrogen-bond acceptors (Lipinski definition) is 20. The van der Waals surface area contributed by atoms with Crippen LogP contribution in [0.15, 0.2) is 0 Å². The minimum Gasteiger partial charge on any atom is -0.375 e. The molecule has 6 fully saturated rings. The van der Waals surface area contributed by atoms with Crippen molar-refractivity contribution in [2.45, 2.75) is 82.4 Å². The number of rotatable bonds is 2. The van der Waals surface area contributed by atoms with E-state index in [9.17, 15) is 96.9 Å². The fraction of sp³-hybridized carbons (Fsp3) is 0.895. The molecule has 1 heterocycles. The van der Waals surface area contributed by atoms with Crippen LogP contribution in [0.25, 0.3) is 0 Å². The first kappa shape index (κ1) is 29.7. The molecule has 5 saturated carbocycles. The Bertz CT molecular complexity index is 1160. The van der Waals surface area contributed by atoms with E-state index in [-0.39, 0.29) is 4.90 Å². The van der Waals surface area contributed by atoms with E-state index in [2.05, 4.69) is 0 Å². The second-order valence-electron chi connectivity index (χ2n) is 11.4.